The maximum absolute atomic E-state index is 12.8. The Balaban J connectivity index is 2.42. The monoisotopic (exact) mass is 286 g/mol. The maximum Gasteiger partial charge on any atom is 0.407 e. The summed E-state index contributed by atoms with van der Waals surface area (Å²) in [5.74, 6) is -0.703. The highest BCUT2D eigenvalue weighted by molar-refractivity contribution is 6.30. The number of halogens is 2. The molecule has 0 aliphatic heterocycles. The summed E-state index contributed by atoms with van der Waals surface area (Å²) in [5, 5.41) is 2.52. The molecule has 0 radical (unpaired) electrons. The molecule has 1 rings (SSSR count). The predicted molar refractivity (Wildman–Crippen MR) is 72.5 cm³/mol. The first-order chi connectivity index (χ1) is 8.78. The van der Waals surface area contributed by atoms with Crippen molar-refractivity contribution in [1.29, 1.82) is 0 Å². The first-order valence-corrected chi connectivity index (χ1v) is 6.10. The lowest BCUT2D eigenvalue weighted by atomic mass is 10.2. The van der Waals surface area contributed by atoms with Crippen LogP contribution in [0.3, 0.4) is 0 Å². The van der Waals surface area contributed by atoms with Crippen LogP contribution in [-0.2, 0) is 4.74 Å². The largest absolute Gasteiger partial charge is 0.444 e. The third-order valence-corrected chi connectivity index (χ3v) is 2.16. The number of aromatic nitrogens is 1. The lowest BCUT2D eigenvalue weighted by Gasteiger charge is -2.19. The summed E-state index contributed by atoms with van der Waals surface area (Å²) in [6.45, 7) is 5.65. The van der Waals surface area contributed by atoms with Gasteiger partial charge in [-0.3, -0.25) is 0 Å². The number of hydrogen-bond acceptors (Lipinski definition) is 3. The molecular weight excluding hydrogens is 271 g/mol. The number of ether oxygens (including phenoxy) is 1. The fourth-order valence-electron chi connectivity index (χ4n) is 1.18. The molecule has 0 aromatic carbocycles. The van der Waals surface area contributed by atoms with Crippen LogP contribution in [0, 0.1) is 5.95 Å². The molecule has 0 fully saturated rings. The van der Waals surface area contributed by atoms with Crippen LogP contribution in [0.4, 0.5) is 9.18 Å². The van der Waals surface area contributed by atoms with Gasteiger partial charge in [-0.25, -0.2) is 9.78 Å². The fraction of sp³-hybridized carbons (Fsp3) is 0.385. The third-order valence-electron chi connectivity index (χ3n) is 1.89. The minimum absolute atomic E-state index is 0.0396. The first-order valence-electron chi connectivity index (χ1n) is 5.72. The standard InChI is InChI=1S/C13H16ClFN2O2/c1-13(2,3)19-12(18)16-6-4-5-9-7-10(14)11(15)17-8-9/h4-5,7-8H,6H2,1-3H3,(H,16,18). The first kappa shape index (κ1) is 15.4. The lowest BCUT2D eigenvalue weighted by molar-refractivity contribution is 0.0534. The van der Waals surface area contributed by atoms with Gasteiger partial charge in [0.1, 0.15) is 5.60 Å². The van der Waals surface area contributed by atoms with Gasteiger partial charge < -0.3 is 10.1 Å². The normalized spacial score (nSPS) is 11.6. The molecule has 0 aliphatic rings. The van der Waals surface area contributed by atoms with Crippen molar-refractivity contribution in [2.24, 2.45) is 0 Å². The van der Waals surface area contributed by atoms with Gasteiger partial charge in [-0.15, -0.1) is 0 Å². The Kier molecular flexibility index (Phi) is 5.30. The number of carbonyl (C=O) groups is 1. The smallest absolute Gasteiger partial charge is 0.407 e. The average Bonchev–Trinajstić information content (AvgIpc) is 2.27. The topological polar surface area (TPSA) is 51.2 Å². The predicted octanol–water partition coefficient (Wildman–Crippen LogP) is 3.41. The molecule has 4 nitrogen and oxygen atoms in total. The van der Waals surface area contributed by atoms with Gasteiger partial charge in [0.2, 0.25) is 5.95 Å². The van der Waals surface area contributed by atoms with E-state index in [-0.39, 0.29) is 5.02 Å². The summed E-state index contributed by atoms with van der Waals surface area (Å²) < 4.78 is 17.9. The lowest BCUT2D eigenvalue weighted by Crippen LogP contribution is -2.32. The van der Waals surface area contributed by atoms with Crippen LogP contribution in [0.2, 0.25) is 5.02 Å². The molecule has 0 aliphatic carbocycles. The van der Waals surface area contributed by atoms with Crippen LogP contribution in [0.1, 0.15) is 26.3 Å². The average molecular weight is 287 g/mol. The van der Waals surface area contributed by atoms with Gasteiger partial charge in [0.15, 0.2) is 0 Å². The van der Waals surface area contributed by atoms with Crippen molar-refractivity contribution < 1.29 is 13.9 Å². The Morgan fingerprint density at radius 1 is 1.58 bits per heavy atom. The highest BCUT2D eigenvalue weighted by atomic mass is 35.5. The molecule has 0 atom stereocenters. The second-order valence-corrected chi connectivity index (χ2v) is 5.23. The molecule has 1 heterocycles. The summed E-state index contributed by atoms with van der Waals surface area (Å²) in [6, 6.07) is 1.45. The van der Waals surface area contributed by atoms with E-state index in [9.17, 15) is 9.18 Å². The van der Waals surface area contributed by atoms with Gasteiger partial charge in [-0.1, -0.05) is 23.8 Å². The Hall–Kier alpha value is -1.62. The van der Waals surface area contributed by atoms with Crippen molar-refractivity contribution in [1.82, 2.24) is 10.3 Å². The Bertz CT molecular complexity index is 484. The molecule has 19 heavy (non-hydrogen) atoms. The number of alkyl carbamates (subject to hydrolysis) is 1. The van der Waals surface area contributed by atoms with Crippen LogP contribution < -0.4 is 5.32 Å². The fourth-order valence-corrected chi connectivity index (χ4v) is 1.35. The van der Waals surface area contributed by atoms with Crippen molar-refractivity contribution in [2.45, 2.75) is 26.4 Å². The van der Waals surface area contributed by atoms with Gasteiger partial charge in [-0.05, 0) is 32.4 Å². The van der Waals surface area contributed by atoms with Gasteiger partial charge in [0, 0.05) is 12.7 Å². The van der Waals surface area contributed by atoms with Crippen molar-refractivity contribution in [3.63, 3.8) is 0 Å². The van der Waals surface area contributed by atoms with Crippen LogP contribution in [0.15, 0.2) is 18.3 Å². The number of carbonyl (C=O) groups excluding carboxylic acids is 1. The molecule has 1 N–H and O–H groups in total. The number of nitrogens with zero attached hydrogens (tertiary/aromatic N) is 1. The highest BCUT2D eigenvalue weighted by Crippen LogP contribution is 2.14. The van der Waals surface area contributed by atoms with Crippen LogP contribution in [0.5, 0.6) is 0 Å². The summed E-state index contributed by atoms with van der Waals surface area (Å²) in [5.41, 5.74) is 0.125. The van der Waals surface area contributed by atoms with Crippen LogP contribution >= 0.6 is 11.6 Å². The van der Waals surface area contributed by atoms with E-state index in [0.29, 0.717) is 12.1 Å². The van der Waals surface area contributed by atoms with Crippen LogP contribution in [0.25, 0.3) is 6.08 Å². The Morgan fingerprint density at radius 2 is 2.26 bits per heavy atom. The molecule has 0 unspecified atom stereocenters. The van der Waals surface area contributed by atoms with E-state index < -0.39 is 17.6 Å². The van der Waals surface area contributed by atoms with Crippen molar-refractivity contribution in [2.75, 3.05) is 6.54 Å². The van der Waals surface area contributed by atoms with Crippen molar-refractivity contribution in [3.8, 4) is 0 Å². The van der Waals surface area contributed by atoms with E-state index in [4.69, 9.17) is 16.3 Å². The van der Waals surface area contributed by atoms with Crippen molar-refractivity contribution >= 4 is 23.8 Å². The molecule has 6 heteroatoms. The zero-order valence-electron chi connectivity index (χ0n) is 11.0. The Labute approximate surface area is 116 Å². The maximum atomic E-state index is 12.8. The quantitative estimate of drug-likeness (QED) is 0.866. The number of amides is 1. The summed E-state index contributed by atoms with van der Waals surface area (Å²) in [6.07, 6.45) is 4.23. The van der Waals surface area contributed by atoms with E-state index in [2.05, 4.69) is 10.3 Å². The van der Waals surface area contributed by atoms with E-state index in [1.165, 1.54) is 12.3 Å². The molecule has 1 aromatic heterocycles. The van der Waals surface area contributed by atoms with Gasteiger partial charge in [0.25, 0.3) is 0 Å². The SMILES string of the molecule is CC(C)(C)OC(=O)NCC=Cc1cnc(F)c(Cl)c1. The molecule has 1 aromatic rings. The third kappa shape index (κ3) is 6.20. The van der Waals surface area contributed by atoms with E-state index in [0.717, 1.165) is 0 Å². The molecule has 1 amide bonds. The van der Waals surface area contributed by atoms with Crippen molar-refractivity contribution in [3.05, 3.63) is 34.9 Å². The Morgan fingerprint density at radius 3 is 2.84 bits per heavy atom. The van der Waals surface area contributed by atoms with Gasteiger partial charge in [0.05, 0.1) is 5.02 Å². The summed E-state index contributed by atoms with van der Waals surface area (Å²) in [7, 11) is 0. The second-order valence-electron chi connectivity index (χ2n) is 4.83. The molecular formula is C13H16ClFN2O2. The van der Waals surface area contributed by atoms with Crippen LogP contribution in [-0.4, -0.2) is 23.2 Å². The van der Waals surface area contributed by atoms with Gasteiger partial charge in [-0.2, -0.15) is 4.39 Å². The van der Waals surface area contributed by atoms with Gasteiger partial charge >= 0.3 is 6.09 Å². The molecule has 0 saturated heterocycles. The minimum atomic E-state index is -0.703. The highest BCUT2D eigenvalue weighted by Gasteiger charge is 2.14. The zero-order valence-corrected chi connectivity index (χ0v) is 11.8. The number of nitrogens with one attached hydrogen (secondary N) is 1. The van der Waals surface area contributed by atoms with E-state index in [1.54, 1.807) is 32.9 Å². The number of pyridine rings is 1. The number of hydrogen-bond donors (Lipinski definition) is 1. The molecule has 104 valence electrons. The zero-order chi connectivity index (χ0) is 14.5. The second kappa shape index (κ2) is 6.52. The molecule has 0 bridgehead atoms. The molecule has 0 saturated carbocycles. The molecule has 0 spiro atoms. The van der Waals surface area contributed by atoms with E-state index in [1.807, 2.05) is 0 Å². The minimum Gasteiger partial charge on any atom is -0.444 e. The van der Waals surface area contributed by atoms with E-state index >= 15 is 0 Å². The summed E-state index contributed by atoms with van der Waals surface area (Å²) in [4.78, 5) is 14.8. The summed E-state index contributed by atoms with van der Waals surface area (Å²) >= 11 is 5.59. The number of rotatable bonds is 3.